The molecule has 1 fully saturated rings. The summed E-state index contributed by atoms with van der Waals surface area (Å²) in [5.74, 6) is 0.787. The van der Waals surface area contributed by atoms with Crippen molar-refractivity contribution in [1.29, 1.82) is 0 Å². The van der Waals surface area contributed by atoms with Gasteiger partial charge in [-0.25, -0.2) is 13.4 Å². The minimum atomic E-state index is -3.17. The van der Waals surface area contributed by atoms with E-state index in [1.807, 2.05) is 25.1 Å². The van der Waals surface area contributed by atoms with E-state index < -0.39 is 9.84 Å². The zero-order valence-corrected chi connectivity index (χ0v) is 17.2. The molecule has 1 atom stereocenters. The van der Waals surface area contributed by atoms with Crippen LogP contribution in [0, 0.1) is 0 Å². The van der Waals surface area contributed by atoms with Crippen molar-refractivity contribution < 1.29 is 8.42 Å². The molecule has 1 aliphatic heterocycles. The number of rotatable bonds is 6. The van der Waals surface area contributed by atoms with Gasteiger partial charge in [0.05, 0.1) is 11.4 Å². The minimum absolute atomic E-state index is 0.331. The van der Waals surface area contributed by atoms with E-state index in [1.54, 1.807) is 12.1 Å². The quantitative estimate of drug-likeness (QED) is 0.575. The molecule has 7 heteroatoms. The van der Waals surface area contributed by atoms with Gasteiger partial charge in [0.15, 0.2) is 15.8 Å². The molecule has 0 saturated carbocycles. The Labute approximate surface area is 167 Å². The summed E-state index contributed by atoms with van der Waals surface area (Å²) in [7, 11) is -3.17. The predicted molar refractivity (Wildman–Crippen MR) is 115 cm³/mol. The zero-order valence-electron chi connectivity index (χ0n) is 16.4. The highest BCUT2D eigenvalue weighted by Gasteiger charge is 2.23. The number of hydrogen-bond donors (Lipinski definition) is 2. The highest BCUT2D eigenvalue weighted by atomic mass is 32.2. The van der Waals surface area contributed by atoms with Gasteiger partial charge < -0.3 is 15.5 Å². The maximum atomic E-state index is 11.6. The van der Waals surface area contributed by atoms with Gasteiger partial charge in [-0.05, 0) is 43.2 Å². The Balaban J connectivity index is 1.60. The average Bonchev–Trinajstić information content (AvgIpc) is 3.15. The molecule has 1 unspecified atom stereocenters. The van der Waals surface area contributed by atoms with Crippen molar-refractivity contribution in [3.05, 3.63) is 60.2 Å². The fraction of sp³-hybridized carbons (Fsp3) is 0.381. The molecule has 6 nitrogen and oxygen atoms in total. The fourth-order valence-corrected chi connectivity index (χ4v) is 3.91. The molecule has 0 amide bonds. The summed E-state index contributed by atoms with van der Waals surface area (Å²) >= 11 is 0. The van der Waals surface area contributed by atoms with E-state index in [9.17, 15) is 8.42 Å². The Morgan fingerprint density at radius 1 is 1.14 bits per heavy atom. The lowest BCUT2D eigenvalue weighted by Gasteiger charge is -2.20. The third kappa shape index (κ3) is 5.48. The predicted octanol–water partition coefficient (Wildman–Crippen LogP) is 2.42. The van der Waals surface area contributed by atoms with Gasteiger partial charge in [-0.15, -0.1) is 0 Å². The van der Waals surface area contributed by atoms with E-state index in [0.717, 1.165) is 37.6 Å². The fourth-order valence-electron chi connectivity index (χ4n) is 3.28. The van der Waals surface area contributed by atoms with E-state index >= 15 is 0 Å². The molecule has 2 N–H and O–H groups in total. The summed E-state index contributed by atoms with van der Waals surface area (Å²) in [6.45, 7) is 5.29. The smallest absolute Gasteiger partial charge is 0.191 e. The van der Waals surface area contributed by atoms with E-state index in [2.05, 4.69) is 44.8 Å². The molecule has 1 aliphatic rings. The monoisotopic (exact) mass is 400 g/mol. The Morgan fingerprint density at radius 3 is 2.50 bits per heavy atom. The maximum absolute atomic E-state index is 11.6. The second-order valence-corrected chi connectivity index (χ2v) is 9.04. The van der Waals surface area contributed by atoms with Crippen LogP contribution in [0.25, 0.3) is 0 Å². The first-order valence-corrected chi connectivity index (χ1v) is 11.5. The Bertz CT molecular complexity index is 896. The SMILES string of the molecule is CCNC(=NCc1ccc(S(C)(=O)=O)cc1)NC1CCN(c2ccccc2)C1. The minimum Gasteiger partial charge on any atom is -0.369 e. The number of benzene rings is 2. The molecule has 1 saturated heterocycles. The second-order valence-electron chi connectivity index (χ2n) is 7.02. The number of guanidine groups is 1. The maximum Gasteiger partial charge on any atom is 0.191 e. The number of para-hydroxylation sites is 1. The lowest BCUT2D eigenvalue weighted by Crippen LogP contribution is -2.44. The van der Waals surface area contributed by atoms with Gasteiger partial charge in [0.25, 0.3) is 0 Å². The molecule has 0 spiro atoms. The molecular weight excluding hydrogens is 372 g/mol. The number of hydrogen-bond acceptors (Lipinski definition) is 4. The topological polar surface area (TPSA) is 73.8 Å². The summed E-state index contributed by atoms with van der Waals surface area (Å²) in [5, 5.41) is 6.82. The van der Waals surface area contributed by atoms with Crippen LogP contribution in [0.3, 0.4) is 0 Å². The lowest BCUT2D eigenvalue weighted by molar-refractivity contribution is 0.602. The molecule has 2 aromatic carbocycles. The molecule has 3 rings (SSSR count). The summed E-state index contributed by atoms with van der Waals surface area (Å²) in [4.78, 5) is 7.37. The first-order valence-electron chi connectivity index (χ1n) is 9.59. The van der Waals surface area contributed by atoms with Crippen molar-refractivity contribution >= 4 is 21.5 Å². The molecule has 150 valence electrons. The van der Waals surface area contributed by atoms with E-state index in [-0.39, 0.29) is 0 Å². The molecular formula is C21H28N4O2S. The molecule has 2 aromatic rings. The lowest BCUT2D eigenvalue weighted by atomic mass is 10.2. The third-order valence-corrected chi connectivity index (χ3v) is 5.89. The highest BCUT2D eigenvalue weighted by molar-refractivity contribution is 7.90. The van der Waals surface area contributed by atoms with Crippen molar-refractivity contribution in [2.24, 2.45) is 4.99 Å². The van der Waals surface area contributed by atoms with Crippen LogP contribution in [0.5, 0.6) is 0 Å². The van der Waals surface area contributed by atoms with Gasteiger partial charge in [-0.2, -0.15) is 0 Å². The van der Waals surface area contributed by atoms with Crippen LogP contribution in [0.1, 0.15) is 18.9 Å². The highest BCUT2D eigenvalue weighted by Crippen LogP contribution is 2.19. The summed E-state index contributed by atoms with van der Waals surface area (Å²) < 4.78 is 23.1. The largest absolute Gasteiger partial charge is 0.369 e. The number of nitrogens with zero attached hydrogens (tertiary/aromatic N) is 2. The molecule has 1 heterocycles. The van der Waals surface area contributed by atoms with Crippen molar-refractivity contribution in [2.45, 2.75) is 30.8 Å². The van der Waals surface area contributed by atoms with Crippen LogP contribution in [-0.4, -0.2) is 46.3 Å². The summed E-state index contributed by atoms with van der Waals surface area (Å²) in [5.41, 5.74) is 2.22. The summed E-state index contributed by atoms with van der Waals surface area (Å²) in [6.07, 6.45) is 2.27. The summed E-state index contributed by atoms with van der Waals surface area (Å²) in [6, 6.07) is 17.7. The van der Waals surface area contributed by atoms with Crippen molar-refractivity contribution in [3.8, 4) is 0 Å². The van der Waals surface area contributed by atoms with Crippen LogP contribution in [0.15, 0.2) is 64.5 Å². The average molecular weight is 401 g/mol. The molecule has 28 heavy (non-hydrogen) atoms. The van der Waals surface area contributed by atoms with E-state index in [1.165, 1.54) is 11.9 Å². The van der Waals surface area contributed by atoms with Gasteiger partial charge in [-0.3, -0.25) is 0 Å². The van der Waals surface area contributed by atoms with Crippen LogP contribution >= 0.6 is 0 Å². The normalized spacial score (nSPS) is 17.6. The molecule has 0 radical (unpaired) electrons. The van der Waals surface area contributed by atoms with Crippen LogP contribution in [0.2, 0.25) is 0 Å². The Kier molecular flexibility index (Phi) is 6.57. The van der Waals surface area contributed by atoms with Crippen molar-refractivity contribution in [1.82, 2.24) is 10.6 Å². The molecule has 0 aromatic heterocycles. The zero-order chi connectivity index (χ0) is 20.0. The standard InChI is InChI=1S/C21H28N4O2S/c1-3-22-21(23-15-17-9-11-20(12-10-17)28(2,26)27)24-18-13-14-25(16-18)19-7-5-4-6-8-19/h4-12,18H,3,13-16H2,1-2H3,(H2,22,23,24). The first kappa shape index (κ1) is 20.2. The van der Waals surface area contributed by atoms with Gasteiger partial charge in [-0.1, -0.05) is 30.3 Å². The third-order valence-electron chi connectivity index (χ3n) is 4.77. The van der Waals surface area contributed by atoms with E-state index in [4.69, 9.17) is 0 Å². The molecule has 0 aliphatic carbocycles. The Hall–Kier alpha value is -2.54. The second kappa shape index (κ2) is 9.10. The number of nitrogens with one attached hydrogen (secondary N) is 2. The number of anilines is 1. The van der Waals surface area contributed by atoms with Gasteiger partial charge in [0.2, 0.25) is 0 Å². The van der Waals surface area contributed by atoms with Crippen molar-refractivity contribution in [3.63, 3.8) is 0 Å². The first-order chi connectivity index (χ1) is 13.5. The van der Waals surface area contributed by atoms with Crippen LogP contribution in [-0.2, 0) is 16.4 Å². The number of sulfone groups is 1. The number of aliphatic imine (C=N–C) groups is 1. The molecule has 0 bridgehead atoms. The van der Waals surface area contributed by atoms with Gasteiger partial charge in [0.1, 0.15) is 0 Å². The van der Waals surface area contributed by atoms with Gasteiger partial charge in [0, 0.05) is 37.6 Å². The van der Waals surface area contributed by atoms with E-state index in [0.29, 0.717) is 17.5 Å². The van der Waals surface area contributed by atoms with Crippen LogP contribution < -0.4 is 15.5 Å². The van der Waals surface area contributed by atoms with Crippen molar-refractivity contribution in [2.75, 3.05) is 30.8 Å². The Morgan fingerprint density at radius 2 is 1.86 bits per heavy atom. The van der Waals surface area contributed by atoms with Gasteiger partial charge >= 0.3 is 0 Å². The van der Waals surface area contributed by atoms with Crippen LogP contribution in [0.4, 0.5) is 5.69 Å².